The molecule has 1 amide bonds. The zero-order valence-electron chi connectivity index (χ0n) is 10.9. The summed E-state index contributed by atoms with van der Waals surface area (Å²) in [5, 5.41) is 19.9. The molecule has 0 saturated carbocycles. The van der Waals surface area contributed by atoms with Gasteiger partial charge in [-0.05, 0) is 19.3 Å². The van der Waals surface area contributed by atoms with Gasteiger partial charge in [0.25, 0.3) is 0 Å². The summed E-state index contributed by atoms with van der Waals surface area (Å²) >= 11 is 0. The highest BCUT2D eigenvalue weighted by Gasteiger charge is 2.25. The van der Waals surface area contributed by atoms with E-state index in [9.17, 15) is 14.4 Å². The highest BCUT2D eigenvalue weighted by molar-refractivity contribution is 5.89. The topological polar surface area (TPSA) is 130 Å². The van der Waals surface area contributed by atoms with Crippen LogP contribution in [0.1, 0.15) is 25.7 Å². The van der Waals surface area contributed by atoms with Gasteiger partial charge in [-0.1, -0.05) is 23.8 Å². The first-order valence-electron chi connectivity index (χ1n) is 6.23. The Morgan fingerprint density at radius 3 is 2.50 bits per heavy atom. The molecule has 0 aromatic heterocycles. The standard InChI is InChI=1S/C13H18N2O5/c14-9(7-11(16)17)12(18)15-10(13(19)20)6-8-4-2-1-3-5-8/h1-2,5,9-10H,3-4,6-7,14H2,(H,15,18)(H,16,17)(H,19,20)/t9-,10-/m0/s1. The third kappa shape index (κ3) is 5.23. The Labute approximate surface area is 116 Å². The number of carboxylic acid groups (broad SMARTS) is 2. The fraction of sp³-hybridized carbons (Fsp3) is 0.462. The molecular weight excluding hydrogens is 264 g/mol. The summed E-state index contributed by atoms with van der Waals surface area (Å²) in [6.45, 7) is 0. The van der Waals surface area contributed by atoms with E-state index in [4.69, 9.17) is 15.9 Å². The van der Waals surface area contributed by atoms with Crippen molar-refractivity contribution < 1.29 is 24.6 Å². The Kier molecular flexibility index (Phi) is 5.92. The van der Waals surface area contributed by atoms with Gasteiger partial charge in [0, 0.05) is 0 Å². The van der Waals surface area contributed by atoms with E-state index in [1.807, 2.05) is 18.2 Å². The molecule has 5 N–H and O–H groups in total. The van der Waals surface area contributed by atoms with Crippen LogP contribution in [0.15, 0.2) is 23.8 Å². The van der Waals surface area contributed by atoms with Gasteiger partial charge in [0.05, 0.1) is 12.5 Å². The largest absolute Gasteiger partial charge is 0.481 e. The molecule has 0 fully saturated rings. The molecule has 0 aromatic rings. The molecule has 1 aliphatic carbocycles. The molecule has 0 aromatic carbocycles. The summed E-state index contributed by atoms with van der Waals surface area (Å²) in [4.78, 5) is 33.2. The highest BCUT2D eigenvalue weighted by Crippen LogP contribution is 2.16. The average Bonchev–Trinajstić information content (AvgIpc) is 2.38. The van der Waals surface area contributed by atoms with E-state index in [0.717, 1.165) is 12.0 Å². The van der Waals surface area contributed by atoms with Crippen molar-refractivity contribution in [3.05, 3.63) is 23.8 Å². The summed E-state index contributed by atoms with van der Waals surface area (Å²) in [7, 11) is 0. The molecule has 20 heavy (non-hydrogen) atoms. The van der Waals surface area contributed by atoms with Crippen molar-refractivity contribution in [1.82, 2.24) is 5.32 Å². The Hall–Kier alpha value is -2.15. The number of carboxylic acids is 2. The number of carbonyl (C=O) groups excluding carboxylic acids is 1. The summed E-state index contributed by atoms with van der Waals surface area (Å²) in [6.07, 6.45) is 6.87. The van der Waals surface area contributed by atoms with Gasteiger partial charge < -0.3 is 21.3 Å². The van der Waals surface area contributed by atoms with Crippen molar-refractivity contribution in [2.24, 2.45) is 5.73 Å². The van der Waals surface area contributed by atoms with Gasteiger partial charge in [0.15, 0.2) is 0 Å². The van der Waals surface area contributed by atoms with Crippen molar-refractivity contribution in [1.29, 1.82) is 0 Å². The Balaban J connectivity index is 2.58. The number of hydrogen-bond acceptors (Lipinski definition) is 4. The monoisotopic (exact) mass is 282 g/mol. The lowest BCUT2D eigenvalue weighted by molar-refractivity contribution is -0.142. The molecule has 7 nitrogen and oxygen atoms in total. The number of amides is 1. The molecule has 0 aliphatic heterocycles. The van der Waals surface area contributed by atoms with Crippen LogP contribution in [0.3, 0.4) is 0 Å². The van der Waals surface area contributed by atoms with Gasteiger partial charge in [0.1, 0.15) is 6.04 Å². The van der Waals surface area contributed by atoms with Crippen LogP contribution in [0.5, 0.6) is 0 Å². The second-order valence-electron chi connectivity index (χ2n) is 4.58. The molecule has 110 valence electrons. The minimum atomic E-state index is -1.26. The third-order valence-electron chi connectivity index (χ3n) is 2.90. The molecule has 0 spiro atoms. The predicted octanol–water partition coefficient (Wildman–Crippen LogP) is 0.0243. The molecule has 0 unspecified atom stereocenters. The second-order valence-corrected chi connectivity index (χ2v) is 4.58. The van der Waals surface area contributed by atoms with E-state index in [1.54, 1.807) is 0 Å². The highest BCUT2D eigenvalue weighted by atomic mass is 16.4. The SMILES string of the molecule is N[C@@H](CC(=O)O)C(=O)N[C@@H](CC1=CCC=CC1)C(=O)O. The van der Waals surface area contributed by atoms with Crippen LogP contribution in [-0.4, -0.2) is 40.1 Å². The van der Waals surface area contributed by atoms with Gasteiger partial charge in [-0.3, -0.25) is 9.59 Å². The molecule has 1 rings (SSSR count). The van der Waals surface area contributed by atoms with Gasteiger partial charge in [-0.25, -0.2) is 4.79 Å². The van der Waals surface area contributed by atoms with Crippen molar-refractivity contribution in [2.45, 2.75) is 37.8 Å². The van der Waals surface area contributed by atoms with Gasteiger partial charge in [0.2, 0.25) is 5.91 Å². The van der Waals surface area contributed by atoms with Crippen molar-refractivity contribution in [2.75, 3.05) is 0 Å². The van der Waals surface area contributed by atoms with Crippen LogP contribution in [0, 0.1) is 0 Å². The Morgan fingerprint density at radius 1 is 1.30 bits per heavy atom. The lowest BCUT2D eigenvalue weighted by Crippen LogP contribution is -2.49. The smallest absolute Gasteiger partial charge is 0.326 e. The molecule has 1 aliphatic rings. The van der Waals surface area contributed by atoms with Crippen molar-refractivity contribution in [3.8, 4) is 0 Å². The number of aliphatic carboxylic acids is 2. The number of carbonyl (C=O) groups is 3. The number of nitrogens with one attached hydrogen (secondary N) is 1. The maximum atomic E-state index is 11.6. The zero-order chi connectivity index (χ0) is 15.1. The maximum absolute atomic E-state index is 11.6. The van der Waals surface area contributed by atoms with E-state index < -0.39 is 36.4 Å². The zero-order valence-corrected chi connectivity index (χ0v) is 10.9. The number of nitrogens with two attached hydrogens (primary N) is 1. The van der Waals surface area contributed by atoms with E-state index in [-0.39, 0.29) is 6.42 Å². The Bertz CT molecular complexity index is 456. The fourth-order valence-corrected chi connectivity index (χ4v) is 1.84. The molecule has 0 saturated heterocycles. The number of allylic oxidation sites excluding steroid dienone is 3. The fourth-order valence-electron chi connectivity index (χ4n) is 1.84. The third-order valence-corrected chi connectivity index (χ3v) is 2.90. The van der Waals surface area contributed by atoms with Crippen molar-refractivity contribution in [3.63, 3.8) is 0 Å². The van der Waals surface area contributed by atoms with Gasteiger partial charge in [-0.15, -0.1) is 0 Å². The summed E-state index contributed by atoms with van der Waals surface area (Å²) in [5.74, 6) is -3.15. The normalized spacial score (nSPS) is 16.9. The quantitative estimate of drug-likeness (QED) is 0.487. The minimum absolute atomic E-state index is 0.186. The van der Waals surface area contributed by atoms with Crippen LogP contribution in [0.25, 0.3) is 0 Å². The van der Waals surface area contributed by atoms with E-state index in [2.05, 4.69) is 5.32 Å². The van der Waals surface area contributed by atoms with Crippen LogP contribution in [0.2, 0.25) is 0 Å². The first-order valence-corrected chi connectivity index (χ1v) is 6.23. The summed E-state index contributed by atoms with van der Waals surface area (Å²) in [5.41, 5.74) is 6.31. The molecule has 0 heterocycles. The van der Waals surface area contributed by atoms with Crippen LogP contribution >= 0.6 is 0 Å². The second kappa shape index (κ2) is 7.44. The summed E-state index contributed by atoms with van der Waals surface area (Å²) in [6, 6.07) is -2.35. The first-order chi connectivity index (χ1) is 9.40. The van der Waals surface area contributed by atoms with E-state index >= 15 is 0 Å². The maximum Gasteiger partial charge on any atom is 0.326 e. The lowest BCUT2D eigenvalue weighted by Gasteiger charge is -2.19. The summed E-state index contributed by atoms with van der Waals surface area (Å²) < 4.78 is 0. The van der Waals surface area contributed by atoms with Gasteiger partial charge in [-0.2, -0.15) is 0 Å². The van der Waals surface area contributed by atoms with E-state index in [1.165, 1.54) is 0 Å². The number of rotatable bonds is 7. The molecule has 0 bridgehead atoms. The first kappa shape index (κ1) is 15.9. The molecular formula is C13H18N2O5. The molecule has 0 radical (unpaired) electrons. The van der Waals surface area contributed by atoms with Crippen LogP contribution < -0.4 is 11.1 Å². The van der Waals surface area contributed by atoms with Crippen LogP contribution in [0.4, 0.5) is 0 Å². The average molecular weight is 282 g/mol. The molecule has 2 atom stereocenters. The van der Waals surface area contributed by atoms with Gasteiger partial charge >= 0.3 is 11.9 Å². The van der Waals surface area contributed by atoms with Crippen molar-refractivity contribution >= 4 is 17.8 Å². The Morgan fingerprint density at radius 2 is 2.00 bits per heavy atom. The molecule has 7 heteroatoms. The number of hydrogen-bond donors (Lipinski definition) is 4. The lowest BCUT2D eigenvalue weighted by atomic mass is 9.98. The predicted molar refractivity (Wildman–Crippen MR) is 70.9 cm³/mol. The van der Waals surface area contributed by atoms with E-state index in [0.29, 0.717) is 6.42 Å². The van der Waals surface area contributed by atoms with Crippen LogP contribution in [-0.2, 0) is 14.4 Å². The minimum Gasteiger partial charge on any atom is -0.481 e.